The van der Waals surface area contributed by atoms with Crippen LogP contribution in [0.3, 0.4) is 0 Å². The summed E-state index contributed by atoms with van der Waals surface area (Å²) in [5.41, 5.74) is 2.13. The Morgan fingerprint density at radius 1 is 0.871 bits per heavy atom. The Kier molecular flexibility index (Phi) is 6.45. The zero-order valence-electron chi connectivity index (χ0n) is 16.2. The van der Waals surface area contributed by atoms with Gasteiger partial charge in [-0.25, -0.2) is 0 Å². The summed E-state index contributed by atoms with van der Waals surface area (Å²) < 4.78 is 1.88. The average molecular weight is 449 g/mol. The second-order valence-electron chi connectivity index (χ2n) is 6.52. The summed E-state index contributed by atoms with van der Waals surface area (Å²) in [6, 6.07) is 25.5. The number of amides is 2. The highest BCUT2D eigenvalue weighted by Gasteiger charge is 2.18. The zero-order chi connectivity index (χ0) is 21.6. The maximum atomic E-state index is 12.3. The van der Waals surface area contributed by atoms with Crippen LogP contribution in [0.2, 0.25) is 5.02 Å². The summed E-state index contributed by atoms with van der Waals surface area (Å²) in [6.07, 6.45) is 0. The molecule has 1 heterocycles. The molecule has 0 aliphatic heterocycles. The molecule has 8 heteroatoms. The number of nitrogens with one attached hydrogen (secondary N) is 1. The minimum Gasteiger partial charge on any atom is -0.292 e. The van der Waals surface area contributed by atoms with Gasteiger partial charge in [-0.15, -0.1) is 10.2 Å². The molecule has 0 atom stereocenters. The van der Waals surface area contributed by atoms with Crippen molar-refractivity contribution in [3.05, 3.63) is 95.5 Å². The van der Waals surface area contributed by atoms with Gasteiger partial charge in [-0.1, -0.05) is 59.8 Å². The molecule has 0 saturated heterocycles. The molecule has 3 aromatic carbocycles. The van der Waals surface area contributed by atoms with E-state index in [1.54, 1.807) is 36.4 Å². The fourth-order valence-electron chi connectivity index (χ4n) is 2.91. The Bertz CT molecular complexity index is 1200. The molecule has 0 unspecified atom stereocenters. The smallest absolute Gasteiger partial charge is 0.257 e. The Labute approximate surface area is 188 Å². The Morgan fingerprint density at radius 3 is 2.19 bits per heavy atom. The highest BCUT2D eigenvalue weighted by atomic mass is 35.5. The van der Waals surface area contributed by atoms with E-state index in [0.29, 0.717) is 21.6 Å². The first-order valence-corrected chi connectivity index (χ1v) is 10.8. The first-order chi connectivity index (χ1) is 15.1. The van der Waals surface area contributed by atoms with E-state index in [1.807, 2.05) is 53.1 Å². The van der Waals surface area contributed by atoms with Gasteiger partial charge in [0.25, 0.3) is 5.91 Å². The fraction of sp³-hybridized carbons (Fsp3) is 0.0435. The molecule has 0 fully saturated rings. The van der Waals surface area contributed by atoms with Crippen molar-refractivity contribution in [3.63, 3.8) is 0 Å². The molecule has 0 spiro atoms. The predicted molar refractivity (Wildman–Crippen MR) is 121 cm³/mol. The number of carbonyl (C=O) groups is 2. The lowest BCUT2D eigenvalue weighted by atomic mass is 10.2. The summed E-state index contributed by atoms with van der Waals surface area (Å²) in [4.78, 5) is 24.5. The van der Waals surface area contributed by atoms with Crippen molar-refractivity contribution in [2.24, 2.45) is 0 Å². The van der Waals surface area contributed by atoms with Gasteiger partial charge in [-0.05, 0) is 48.5 Å². The van der Waals surface area contributed by atoms with E-state index in [2.05, 4.69) is 15.5 Å². The van der Waals surface area contributed by atoms with Crippen LogP contribution < -0.4 is 5.32 Å². The van der Waals surface area contributed by atoms with Crippen LogP contribution in [0.25, 0.3) is 17.1 Å². The van der Waals surface area contributed by atoms with E-state index in [1.165, 1.54) is 11.8 Å². The first-order valence-electron chi connectivity index (χ1n) is 9.40. The van der Waals surface area contributed by atoms with Crippen molar-refractivity contribution in [3.8, 4) is 17.1 Å². The molecule has 154 valence electrons. The van der Waals surface area contributed by atoms with Crippen LogP contribution in [-0.4, -0.2) is 32.3 Å². The van der Waals surface area contributed by atoms with Gasteiger partial charge in [-0.3, -0.25) is 19.5 Å². The van der Waals surface area contributed by atoms with Gasteiger partial charge in [0.2, 0.25) is 5.91 Å². The fourth-order valence-corrected chi connectivity index (χ4v) is 3.79. The van der Waals surface area contributed by atoms with Gasteiger partial charge >= 0.3 is 0 Å². The summed E-state index contributed by atoms with van der Waals surface area (Å²) in [5.74, 6) is -0.192. The lowest BCUT2D eigenvalue weighted by Gasteiger charge is -2.10. The topological polar surface area (TPSA) is 76.9 Å². The van der Waals surface area contributed by atoms with Gasteiger partial charge < -0.3 is 0 Å². The quantitative estimate of drug-likeness (QED) is 0.435. The van der Waals surface area contributed by atoms with Crippen molar-refractivity contribution in [1.29, 1.82) is 0 Å². The van der Waals surface area contributed by atoms with Gasteiger partial charge in [0.05, 0.1) is 5.75 Å². The molecule has 2 amide bonds. The average Bonchev–Trinajstić information content (AvgIpc) is 3.23. The Hall–Kier alpha value is -3.42. The third-order valence-electron chi connectivity index (χ3n) is 4.37. The Morgan fingerprint density at radius 2 is 1.52 bits per heavy atom. The summed E-state index contributed by atoms with van der Waals surface area (Å²) in [5, 5.41) is 12.2. The molecule has 0 aliphatic carbocycles. The van der Waals surface area contributed by atoms with Crippen molar-refractivity contribution in [1.82, 2.24) is 20.1 Å². The van der Waals surface area contributed by atoms with E-state index < -0.39 is 11.8 Å². The molecule has 4 aromatic rings. The van der Waals surface area contributed by atoms with Crippen LogP contribution in [0.5, 0.6) is 0 Å². The highest BCUT2D eigenvalue weighted by Crippen LogP contribution is 2.28. The monoisotopic (exact) mass is 448 g/mol. The molecule has 0 aliphatic rings. The maximum Gasteiger partial charge on any atom is 0.257 e. The summed E-state index contributed by atoms with van der Waals surface area (Å²) in [7, 11) is 0. The van der Waals surface area contributed by atoms with E-state index in [-0.39, 0.29) is 5.75 Å². The number of hydrogen-bond donors (Lipinski definition) is 1. The second kappa shape index (κ2) is 9.59. The van der Waals surface area contributed by atoms with E-state index >= 15 is 0 Å². The van der Waals surface area contributed by atoms with Gasteiger partial charge in [0.15, 0.2) is 11.0 Å². The summed E-state index contributed by atoms with van der Waals surface area (Å²) >= 11 is 7.22. The van der Waals surface area contributed by atoms with Crippen LogP contribution in [0.1, 0.15) is 10.4 Å². The number of imide groups is 1. The van der Waals surface area contributed by atoms with Crippen molar-refractivity contribution in [2.45, 2.75) is 5.16 Å². The number of thioether (sulfide) groups is 1. The number of benzene rings is 3. The van der Waals surface area contributed by atoms with Crippen LogP contribution >= 0.6 is 23.4 Å². The number of aromatic nitrogens is 3. The molecule has 1 aromatic heterocycles. The van der Waals surface area contributed by atoms with Gasteiger partial charge in [-0.2, -0.15) is 0 Å². The Balaban J connectivity index is 1.55. The number of para-hydroxylation sites is 1. The number of halogens is 1. The molecule has 0 bridgehead atoms. The molecule has 0 radical (unpaired) electrons. The molecule has 0 saturated carbocycles. The third-order valence-corrected chi connectivity index (χ3v) is 5.55. The minimum absolute atomic E-state index is 0.0180. The number of carbonyl (C=O) groups excluding carboxylic acids is 2. The van der Waals surface area contributed by atoms with Crippen molar-refractivity contribution in [2.75, 3.05) is 5.75 Å². The van der Waals surface area contributed by atoms with E-state index in [9.17, 15) is 9.59 Å². The van der Waals surface area contributed by atoms with Crippen molar-refractivity contribution >= 4 is 35.2 Å². The number of nitrogens with zero attached hydrogens (tertiary/aromatic N) is 3. The van der Waals surface area contributed by atoms with Crippen molar-refractivity contribution < 1.29 is 9.59 Å². The maximum absolute atomic E-state index is 12.3. The van der Waals surface area contributed by atoms with Crippen LogP contribution in [0.15, 0.2) is 90.1 Å². The largest absolute Gasteiger partial charge is 0.292 e. The van der Waals surface area contributed by atoms with Crippen LogP contribution in [0, 0.1) is 0 Å². The van der Waals surface area contributed by atoms with E-state index in [0.717, 1.165) is 11.3 Å². The van der Waals surface area contributed by atoms with Gasteiger partial charge in [0, 0.05) is 21.8 Å². The van der Waals surface area contributed by atoms with Gasteiger partial charge in [0.1, 0.15) is 0 Å². The van der Waals surface area contributed by atoms with Crippen LogP contribution in [0.4, 0.5) is 0 Å². The molecule has 6 nitrogen and oxygen atoms in total. The predicted octanol–water partition coefficient (Wildman–Crippen LogP) is 4.64. The molecule has 31 heavy (non-hydrogen) atoms. The number of rotatable bonds is 6. The third kappa shape index (κ3) is 5.02. The normalized spacial score (nSPS) is 10.6. The van der Waals surface area contributed by atoms with E-state index in [4.69, 9.17) is 11.6 Å². The first kappa shape index (κ1) is 20.8. The molecule has 4 rings (SSSR count). The second-order valence-corrected chi connectivity index (χ2v) is 7.89. The lowest BCUT2D eigenvalue weighted by molar-refractivity contribution is -0.117. The zero-order valence-corrected chi connectivity index (χ0v) is 17.8. The lowest BCUT2D eigenvalue weighted by Crippen LogP contribution is -2.31. The van der Waals surface area contributed by atoms with Crippen LogP contribution in [-0.2, 0) is 4.79 Å². The molecular formula is C23H17ClN4O2S. The number of hydrogen-bond acceptors (Lipinski definition) is 5. The highest BCUT2D eigenvalue weighted by molar-refractivity contribution is 7.99. The standard InChI is InChI=1S/C23H17ClN4O2S/c24-18-13-11-16(12-14-18)21-26-27-23(28(21)19-9-5-2-6-10-19)31-15-20(29)25-22(30)17-7-3-1-4-8-17/h1-14H,15H2,(H,25,29,30). The molecule has 1 N–H and O–H groups in total. The summed E-state index contributed by atoms with van der Waals surface area (Å²) in [6.45, 7) is 0. The minimum atomic E-state index is -0.433. The SMILES string of the molecule is O=C(CSc1nnc(-c2ccc(Cl)cc2)n1-c1ccccc1)NC(=O)c1ccccc1. The molecular weight excluding hydrogens is 432 g/mol.